The summed E-state index contributed by atoms with van der Waals surface area (Å²) in [5, 5.41) is 3.50. The Morgan fingerprint density at radius 2 is 1.56 bits per heavy atom. The van der Waals surface area contributed by atoms with E-state index >= 15 is 0 Å². The highest BCUT2D eigenvalue weighted by molar-refractivity contribution is 7.99. The number of pyridine rings is 1. The maximum atomic E-state index is 12.9. The molecule has 0 saturated heterocycles. The lowest BCUT2D eigenvalue weighted by molar-refractivity contribution is -0.113. The maximum Gasteiger partial charge on any atom is 0.234 e. The second-order valence-corrected chi connectivity index (χ2v) is 6.93. The van der Waals surface area contributed by atoms with Crippen molar-refractivity contribution < 1.29 is 14.4 Å². The lowest BCUT2D eigenvalue weighted by atomic mass is 9.83. The van der Waals surface area contributed by atoms with Gasteiger partial charge in [-0.15, -0.1) is 0 Å². The van der Waals surface area contributed by atoms with Crippen LogP contribution < -0.4 is 5.32 Å². The van der Waals surface area contributed by atoms with Gasteiger partial charge in [0.1, 0.15) is 0 Å². The molecule has 2 aromatic carbocycles. The number of nitrogens with zero attached hydrogens (tertiary/aromatic N) is 1. The van der Waals surface area contributed by atoms with Gasteiger partial charge >= 0.3 is 0 Å². The number of amides is 1. The second-order valence-electron chi connectivity index (χ2n) is 5.94. The van der Waals surface area contributed by atoms with Crippen molar-refractivity contribution in [1.82, 2.24) is 4.98 Å². The third-order valence-electron chi connectivity index (χ3n) is 4.22. The zero-order chi connectivity index (χ0) is 18.8. The molecule has 1 amide bonds. The second kappa shape index (κ2) is 7.17. The number of thioether (sulfide) groups is 1. The van der Waals surface area contributed by atoms with Crippen LogP contribution in [0.3, 0.4) is 0 Å². The first-order valence-electron chi connectivity index (χ1n) is 8.30. The summed E-state index contributed by atoms with van der Waals surface area (Å²) in [5.74, 6) is -0.579. The Hall–Kier alpha value is -3.25. The number of rotatable bonds is 4. The molecule has 1 aliphatic carbocycles. The molecule has 0 unspecified atom stereocenters. The monoisotopic (exact) mass is 374 g/mol. The first-order valence-corrected chi connectivity index (χ1v) is 9.29. The van der Waals surface area contributed by atoms with E-state index in [1.54, 1.807) is 54.7 Å². The molecule has 132 valence electrons. The van der Waals surface area contributed by atoms with Gasteiger partial charge in [-0.25, -0.2) is 4.98 Å². The van der Waals surface area contributed by atoms with E-state index in [-0.39, 0.29) is 28.8 Å². The minimum Gasteiger partial charge on any atom is -0.325 e. The summed E-state index contributed by atoms with van der Waals surface area (Å²) in [7, 11) is 0. The van der Waals surface area contributed by atoms with Crippen LogP contribution in [0.15, 0.2) is 71.9 Å². The average molecular weight is 374 g/mol. The normalized spacial score (nSPS) is 12.3. The molecule has 4 rings (SSSR count). The number of benzene rings is 2. The molecule has 3 aromatic rings. The molecule has 0 fully saturated rings. The van der Waals surface area contributed by atoms with E-state index in [0.717, 1.165) is 5.03 Å². The van der Waals surface area contributed by atoms with E-state index in [9.17, 15) is 14.4 Å². The molecule has 1 heterocycles. The molecule has 0 bridgehead atoms. The predicted octanol–water partition coefficient (Wildman–Crippen LogP) is 3.59. The van der Waals surface area contributed by atoms with E-state index in [4.69, 9.17) is 0 Å². The van der Waals surface area contributed by atoms with Gasteiger partial charge in [-0.3, -0.25) is 14.4 Å². The van der Waals surface area contributed by atoms with E-state index < -0.39 is 0 Å². The van der Waals surface area contributed by atoms with Crippen LogP contribution >= 0.6 is 11.8 Å². The van der Waals surface area contributed by atoms with Gasteiger partial charge in [0.25, 0.3) is 0 Å². The Morgan fingerprint density at radius 1 is 0.852 bits per heavy atom. The molecule has 1 N–H and O–H groups in total. The van der Waals surface area contributed by atoms with E-state index in [0.29, 0.717) is 22.4 Å². The Labute approximate surface area is 159 Å². The van der Waals surface area contributed by atoms with Gasteiger partial charge < -0.3 is 5.32 Å². The van der Waals surface area contributed by atoms with Crippen molar-refractivity contribution in [2.45, 2.75) is 5.03 Å². The molecule has 6 heteroatoms. The van der Waals surface area contributed by atoms with E-state index in [1.807, 2.05) is 12.1 Å². The third kappa shape index (κ3) is 3.27. The van der Waals surface area contributed by atoms with Crippen LogP contribution in [0.4, 0.5) is 5.69 Å². The molecule has 5 nitrogen and oxygen atoms in total. The van der Waals surface area contributed by atoms with Crippen molar-refractivity contribution in [3.8, 4) is 0 Å². The Kier molecular flexibility index (Phi) is 4.56. The van der Waals surface area contributed by atoms with E-state index in [1.165, 1.54) is 11.8 Å². The van der Waals surface area contributed by atoms with Crippen molar-refractivity contribution >= 4 is 34.9 Å². The highest BCUT2D eigenvalue weighted by atomic mass is 32.2. The van der Waals surface area contributed by atoms with Crippen molar-refractivity contribution in [3.05, 3.63) is 89.1 Å². The standard InChI is InChI=1S/C21H14N2O3S/c24-17(12-27-18-10-3-4-11-22-18)23-16-9-5-8-15-19(16)21(26)14-7-2-1-6-13(14)20(15)25/h1-11H,12H2,(H,23,24). The minimum atomic E-state index is -0.266. The van der Waals surface area contributed by atoms with Gasteiger partial charge in [0, 0.05) is 22.9 Å². The van der Waals surface area contributed by atoms with Crippen molar-refractivity contribution in [2.24, 2.45) is 0 Å². The Balaban J connectivity index is 1.59. The van der Waals surface area contributed by atoms with Crippen LogP contribution in [-0.4, -0.2) is 28.2 Å². The number of hydrogen-bond acceptors (Lipinski definition) is 5. The summed E-state index contributed by atoms with van der Waals surface area (Å²) >= 11 is 1.30. The van der Waals surface area contributed by atoms with E-state index in [2.05, 4.69) is 10.3 Å². The number of fused-ring (bicyclic) bond motifs is 2. The lowest BCUT2D eigenvalue weighted by Gasteiger charge is -2.20. The van der Waals surface area contributed by atoms with Crippen LogP contribution in [0.5, 0.6) is 0 Å². The average Bonchev–Trinajstić information content (AvgIpc) is 2.71. The Morgan fingerprint density at radius 3 is 2.30 bits per heavy atom. The molecule has 0 aliphatic heterocycles. The molecule has 1 aromatic heterocycles. The fourth-order valence-electron chi connectivity index (χ4n) is 3.01. The number of nitrogens with one attached hydrogen (secondary N) is 1. The smallest absolute Gasteiger partial charge is 0.234 e. The number of aromatic nitrogens is 1. The molecular formula is C21H14N2O3S. The molecule has 0 spiro atoms. The molecule has 27 heavy (non-hydrogen) atoms. The summed E-state index contributed by atoms with van der Waals surface area (Å²) in [4.78, 5) is 42.1. The first kappa shape index (κ1) is 17.2. The number of carbonyl (C=O) groups excluding carboxylic acids is 3. The number of carbonyl (C=O) groups is 3. The highest BCUT2D eigenvalue weighted by Gasteiger charge is 2.31. The third-order valence-corrected chi connectivity index (χ3v) is 5.16. The summed E-state index contributed by atoms with van der Waals surface area (Å²) in [6, 6.07) is 17.1. The lowest BCUT2D eigenvalue weighted by Crippen LogP contribution is -2.24. The van der Waals surface area contributed by atoms with Crippen LogP contribution in [-0.2, 0) is 4.79 Å². The molecule has 0 atom stereocenters. The number of anilines is 1. The quantitative estimate of drug-likeness (QED) is 0.553. The first-order chi connectivity index (χ1) is 13.1. The molecule has 1 aliphatic rings. The maximum absolute atomic E-state index is 12.9. The SMILES string of the molecule is O=C(CSc1ccccn1)Nc1cccc2c1C(=O)c1ccccc1C2=O. The van der Waals surface area contributed by atoms with Gasteiger partial charge in [0.15, 0.2) is 11.6 Å². The van der Waals surface area contributed by atoms with Crippen LogP contribution in [0.1, 0.15) is 31.8 Å². The molecule has 0 radical (unpaired) electrons. The van der Waals surface area contributed by atoms with Crippen LogP contribution in [0.2, 0.25) is 0 Å². The molecule has 0 saturated carbocycles. The summed E-state index contributed by atoms with van der Waals surface area (Å²) in [6.45, 7) is 0. The summed E-state index contributed by atoms with van der Waals surface area (Å²) in [6.07, 6.45) is 1.66. The van der Waals surface area contributed by atoms with Gasteiger partial charge in [-0.2, -0.15) is 0 Å². The van der Waals surface area contributed by atoms with Crippen molar-refractivity contribution in [2.75, 3.05) is 11.1 Å². The van der Waals surface area contributed by atoms with Gasteiger partial charge in [0.05, 0.1) is 22.0 Å². The zero-order valence-electron chi connectivity index (χ0n) is 14.1. The van der Waals surface area contributed by atoms with Crippen molar-refractivity contribution in [1.29, 1.82) is 0 Å². The Bertz CT molecular complexity index is 1060. The zero-order valence-corrected chi connectivity index (χ0v) is 15.0. The summed E-state index contributed by atoms with van der Waals surface area (Å²) in [5.41, 5.74) is 1.67. The van der Waals surface area contributed by atoms with Gasteiger partial charge in [-0.05, 0) is 18.2 Å². The minimum absolute atomic E-state index is 0.152. The number of hydrogen-bond donors (Lipinski definition) is 1. The van der Waals surface area contributed by atoms with Crippen LogP contribution in [0.25, 0.3) is 0 Å². The fraction of sp³-hybridized carbons (Fsp3) is 0.0476. The summed E-state index contributed by atoms with van der Waals surface area (Å²) < 4.78 is 0. The largest absolute Gasteiger partial charge is 0.325 e. The molecular weight excluding hydrogens is 360 g/mol. The van der Waals surface area contributed by atoms with Gasteiger partial charge in [-0.1, -0.05) is 54.2 Å². The fourth-order valence-corrected chi connectivity index (χ4v) is 3.67. The van der Waals surface area contributed by atoms with Crippen LogP contribution in [0, 0.1) is 0 Å². The topological polar surface area (TPSA) is 76.1 Å². The van der Waals surface area contributed by atoms with Crippen molar-refractivity contribution in [3.63, 3.8) is 0 Å². The highest BCUT2D eigenvalue weighted by Crippen LogP contribution is 2.32. The predicted molar refractivity (Wildman–Crippen MR) is 103 cm³/mol. The number of ketones is 2. The van der Waals surface area contributed by atoms with Gasteiger partial charge in [0.2, 0.25) is 5.91 Å².